The standard InChI is InChI=1S/C9H18N2O/c1-7(2)10-6-5-9(12)11(10)8(3)4/h7-8H,5-6H2,1-4H3. The molecule has 1 fully saturated rings. The molecule has 0 saturated carbocycles. The zero-order valence-corrected chi connectivity index (χ0v) is 8.37. The summed E-state index contributed by atoms with van der Waals surface area (Å²) in [5.74, 6) is 0.263. The van der Waals surface area contributed by atoms with Crippen molar-refractivity contribution in [2.45, 2.75) is 46.2 Å². The van der Waals surface area contributed by atoms with Crippen LogP contribution >= 0.6 is 0 Å². The minimum absolute atomic E-state index is 0.263. The van der Waals surface area contributed by atoms with Crippen LogP contribution in [0.25, 0.3) is 0 Å². The van der Waals surface area contributed by atoms with Crippen LogP contribution in [0.4, 0.5) is 0 Å². The van der Waals surface area contributed by atoms with Crippen molar-refractivity contribution in [2.75, 3.05) is 6.54 Å². The van der Waals surface area contributed by atoms with E-state index in [1.54, 1.807) is 0 Å². The number of hydrogen-bond donors (Lipinski definition) is 0. The third-order valence-corrected chi connectivity index (χ3v) is 2.17. The topological polar surface area (TPSA) is 23.6 Å². The first kappa shape index (κ1) is 9.52. The van der Waals surface area contributed by atoms with Gasteiger partial charge in [0.15, 0.2) is 0 Å². The second kappa shape index (κ2) is 3.44. The maximum atomic E-state index is 11.4. The molecule has 12 heavy (non-hydrogen) atoms. The molecule has 0 N–H and O–H groups in total. The lowest BCUT2D eigenvalue weighted by Gasteiger charge is -2.34. The van der Waals surface area contributed by atoms with E-state index in [9.17, 15) is 4.79 Å². The summed E-state index contributed by atoms with van der Waals surface area (Å²) in [5, 5.41) is 4.03. The van der Waals surface area contributed by atoms with Crippen LogP contribution in [0, 0.1) is 0 Å². The van der Waals surface area contributed by atoms with Crippen LogP contribution < -0.4 is 0 Å². The van der Waals surface area contributed by atoms with E-state index < -0.39 is 0 Å². The van der Waals surface area contributed by atoms with Crippen LogP contribution in [-0.4, -0.2) is 34.6 Å². The van der Waals surface area contributed by atoms with Crippen LogP contribution in [0.2, 0.25) is 0 Å². The summed E-state index contributed by atoms with van der Waals surface area (Å²) >= 11 is 0. The smallest absolute Gasteiger partial charge is 0.238 e. The first-order chi connectivity index (χ1) is 5.54. The van der Waals surface area contributed by atoms with E-state index in [0.717, 1.165) is 6.54 Å². The van der Waals surface area contributed by atoms with Crippen LogP contribution in [0.15, 0.2) is 0 Å². The Morgan fingerprint density at radius 2 is 1.75 bits per heavy atom. The number of carbonyl (C=O) groups excluding carboxylic acids is 1. The molecule has 1 saturated heterocycles. The van der Waals surface area contributed by atoms with Gasteiger partial charge >= 0.3 is 0 Å². The lowest BCUT2D eigenvalue weighted by Crippen LogP contribution is -2.46. The summed E-state index contributed by atoms with van der Waals surface area (Å²) < 4.78 is 0. The quantitative estimate of drug-likeness (QED) is 0.622. The number of amides is 1. The largest absolute Gasteiger partial charge is 0.273 e. The highest BCUT2D eigenvalue weighted by atomic mass is 16.2. The third kappa shape index (κ3) is 1.61. The molecular weight excluding hydrogens is 152 g/mol. The fourth-order valence-electron chi connectivity index (χ4n) is 1.67. The fourth-order valence-corrected chi connectivity index (χ4v) is 1.67. The Balaban J connectivity index is 2.70. The Morgan fingerprint density at radius 1 is 1.17 bits per heavy atom. The molecule has 0 aromatic carbocycles. The molecule has 1 amide bonds. The van der Waals surface area contributed by atoms with Crippen molar-refractivity contribution in [1.82, 2.24) is 10.0 Å². The maximum Gasteiger partial charge on any atom is 0.238 e. The predicted molar refractivity (Wildman–Crippen MR) is 48.4 cm³/mol. The van der Waals surface area contributed by atoms with Gasteiger partial charge in [-0.05, 0) is 27.7 Å². The second-order valence-corrected chi connectivity index (χ2v) is 3.84. The summed E-state index contributed by atoms with van der Waals surface area (Å²) in [6, 6.07) is 0.723. The highest BCUT2D eigenvalue weighted by molar-refractivity contribution is 5.77. The summed E-state index contributed by atoms with van der Waals surface area (Å²) in [6.07, 6.45) is 0.677. The minimum atomic E-state index is 0.263. The molecule has 1 aliphatic heterocycles. The van der Waals surface area contributed by atoms with Gasteiger partial charge in [0.2, 0.25) is 5.91 Å². The highest BCUT2D eigenvalue weighted by Crippen LogP contribution is 2.17. The van der Waals surface area contributed by atoms with E-state index in [2.05, 4.69) is 32.7 Å². The van der Waals surface area contributed by atoms with Gasteiger partial charge in [0.1, 0.15) is 0 Å². The third-order valence-electron chi connectivity index (χ3n) is 2.17. The van der Waals surface area contributed by atoms with Gasteiger partial charge in [-0.2, -0.15) is 0 Å². The highest BCUT2D eigenvalue weighted by Gasteiger charge is 2.32. The molecule has 0 aromatic rings. The number of carbonyl (C=O) groups is 1. The van der Waals surface area contributed by atoms with Crippen molar-refractivity contribution in [3.05, 3.63) is 0 Å². The molecule has 1 rings (SSSR count). The molecule has 3 nitrogen and oxygen atoms in total. The summed E-state index contributed by atoms with van der Waals surface area (Å²) in [7, 11) is 0. The van der Waals surface area contributed by atoms with Crippen molar-refractivity contribution >= 4 is 5.91 Å². The lowest BCUT2D eigenvalue weighted by atomic mass is 10.3. The Bertz CT molecular complexity index is 177. The Morgan fingerprint density at radius 3 is 2.08 bits per heavy atom. The predicted octanol–water partition coefficient (Wildman–Crippen LogP) is 1.25. The number of rotatable bonds is 2. The average molecular weight is 170 g/mol. The van der Waals surface area contributed by atoms with Gasteiger partial charge < -0.3 is 0 Å². The molecule has 1 heterocycles. The molecule has 0 aliphatic carbocycles. The maximum absolute atomic E-state index is 11.4. The van der Waals surface area contributed by atoms with Crippen LogP contribution in [0.1, 0.15) is 34.1 Å². The first-order valence-corrected chi connectivity index (χ1v) is 4.62. The van der Waals surface area contributed by atoms with Crippen LogP contribution in [-0.2, 0) is 4.79 Å². The normalized spacial score (nSPS) is 20.2. The van der Waals surface area contributed by atoms with Gasteiger partial charge in [0, 0.05) is 25.0 Å². The summed E-state index contributed by atoms with van der Waals surface area (Å²) in [5.41, 5.74) is 0. The van der Waals surface area contributed by atoms with Crippen LogP contribution in [0.5, 0.6) is 0 Å². The van der Waals surface area contributed by atoms with Crippen molar-refractivity contribution in [3.63, 3.8) is 0 Å². The van der Waals surface area contributed by atoms with Crippen LogP contribution in [0.3, 0.4) is 0 Å². The minimum Gasteiger partial charge on any atom is -0.273 e. The van der Waals surface area contributed by atoms with E-state index in [0.29, 0.717) is 18.5 Å². The summed E-state index contributed by atoms with van der Waals surface area (Å²) in [6.45, 7) is 9.23. The SMILES string of the molecule is CC(C)N1CCC(=O)N1C(C)C. The Labute approximate surface area is 74.3 Å². The van der Waals surface area contributed by atoms with Gasteiger partial charge in [0.25, 0.3) is 0 Å². The number of hydrazine groups is 1. The first-order valence-electron chi connectivity index (χ1n) is 4.62. The zero-order chi connectivity index (χ0) is 9.30. The molecule has 0 bridgehead atoms. The molecule has 0 spiro atoms. The summed E-state index contributed by atoms with van der Waals surface area (Å²) in [4.78, 5) is 11.4. The second-order valence-electron chi connectivity index (χ2n) is 3.84. The van der Waals surface area contributed by atoms with Crippen molar-refractivity contribution in [1.29, 1.82) is 0 Å². The molecule has 0 radical (unpaired) electrons. The van der Waals surface area contributed by atoms with Crippen molar-refractivity contribution < 1.29 is 4.79 Å². The molecule has 3 heteroatoms. The Hall–Kier alpha value is -0.570. The van der Waals surface area contributed by atoms with Gasteiger partial charge in [-0.15, -0.1) is 0 Å². The van der Waals surface area contributed by atoms with E-state index in [4.69, 9.17) is 0 Å². The monoisotopic (exact) mass is 170 g/mol. The van der Waals surface area contributed by atoms with E-state index in [1.807, 2.05) is 5.01 Å². The lowest BCUT2D eigenvalue weighted by molar-refractivity contribution is -0.143. The average Bonchev–Trinajstić information content (AvgIpc) is 2.30. The molecule has 70 valence electrons. The molecule has 0 unspecified atom stereocenters. The molecule has 1 aliphatic rings. The Kier molecular flexibility index (Phi) is 2.73. The van der Waals surface area contributed by atoms with Gasteiger partial charge in [-0.3, -0.25) is 9.80 Å². The van der Waals surface area contributed by atoms with Gasteiger partial charge in [-0.25, -0.2) is 5.01 Å². The van der Waals surface area contributed by atoms with Crippen molar-refractivity contribution in [2.24, 2.45) is 0 Å². The van der Waals surface area contributed by atoms with Crippen molar-refractivity contribution in [3.8, 4) is 0 Å². The van der Waals surface area contributed by atoms with E-state index in [1.165, 1.54) is 0 Å². The number of hydrogen-bond acceptors (Lipinski definition) is 2. The molecule has 0 atom stereocenters. The number of nitrogens with zero attached hydrogens (tertiary/aromatic N) is 2. The zero-order valence-electron chi connectivity index (χ0n) is 8.37. The van der Waals surface area contributed by atoms with Gasteiger partial charge in [0.05, 0.1) is 0 Å². The van der Waals surface area contributed by atoms with E-state index >= 15 is 0 Å². The molecule has 0 aromatic heterocycles. The fraction of sp³-hybridized carbons (Fsp3) is 0.889. The van der Waals surface area contributed by atoms with E-state index in [-0.39, 0.29) is 5.91 Å². The van der Waals surface area contributed by atoms with Gasteiger partial charge in [-0.1, -0.05) is 0 Å². The molecular formula is C9H18N2O.